The number of aliphatic hydroxyl groups excluding tert-OH is 1. The number of aliphatic hydroxyl groups is 1. The minimum absolute atomic E-state index is 0.166. The number of carbonyl (C=O) groups excluding carboxylic acids is 1. The molecule has 0 aliphatic heterocycles. The minimum Gasteiger partial charge on any atom is -0.444 e. The van der Waals surface area contributed by atoms with Gasteiger partial charge in [-0.05, 0) is 39.0 Å². The first-order chi connectivity index (χ1) is 13.2. The molecule has 2 aliphatic carbocycles. The Balaban J connectivity index is 1.73. The summed E-state index contributed by atoms with van der Waals surface area (Å²) in [5.41, 5.74) is 0. The number of hydrogen-bond donors (Lipinski definition) is 4. The molecular formula is C20H38N4O3. The number of hydrogen-bond acceptors (Lipinski definition) is 4. The zero-order valence-electron chi connectivity index (χ0n) is 16.8. The van der Waals surface area contributed by atoms with Gasteiger partial charge in [-0.25, -0.2) is 4.79 Å². The third kappa shape index (κ3) is 9.31. The van der Waals surface area contributed by atoms with E-state index in [1.807, 2.05) is 0 Å². The first-order valence-electron chi connectivity index (χ1n) is 10.8. The number of rotatable bonds is 8. The van der Waals surface area contributed by atoms with Gasteiger partial charge in [0.15, 0.2) is 5.96 Å². The zero-order chi connectivity index (χ0) is 19.3. The molecule has 0 aromatic heterocycles. The predicted octanol–water partition coefficient (Wildman–Crippen LogP) is 2.68. The van der Waals surface area contributed by atoms with Crippen molar-refractivity contribution < 1.29 is 14.6 Å². The number of aliphatic imine (C=N–C) groups is 1. The molecule has 2 aliphatic rings. The van der Waals surface area contributed by atoms with Crippen LogP contribution >= 0.6 is 0 Å². The average molecular weight is 383 g/mol. The van der Waals surface area contributed by atoms with Crippen molar-refractivity contribution in [2.45, 2.75) is 95.7 Å². The second-order valence-corrected chi connectivity index (χ2v) is 7.87. The van der Waals surface area contributed by atoms with Gasteiger partial charge >= 0.3 is 6.09 Å². The van der Waals surface area contributed by atoms with Crippen LogP contribution in [0.15, 0.2) is 4.99 Å². The zero-order valence-corrected chi connectivity index (χ0v) is 16.8. The van der Waals surface area contributed by atoms with Gasteiger partial charge in [-0.2, -0.15) is 0 Å². The summed E-state index contributed by atoms with van der Waals surface area (Å²) in [5, 5.41) is 18.9. The molecule has 0 spiro atoms. The monoisotopic (exact) mass is 382 g/mol. The Morgan fingerprint density at radius 1 is 1.04 bits per heavy atom. The highest BCUT2D eigenvalue weighted by Gasteiger charge is 2.18. The van der Waals surface area contributed by atoms with Crippen LogP contribution in [0, 0.1) is 0 Å². The van der Waals surface area contributed by atoms with Crippen molar-refractivity contribution in [1.82, 2.24) is 16.0 Å². The number of nitrogens with zero attached hydrogens (tertiary/aromatic N) is 1. The molecular weight excluding hydrogens is 344 g/mol. The molecule has 2 saturated carbocycles. The Kier molecular flexibility index (Phi) is 10.3. The summed E-state index contributed by atoms with van der Waals surface area (Å²) in [5.74, 6) is 0.935. The van der Waals surface area contributed by atoms with Crippen molar-refractivity contribution in [3.05, 3.63) is 0 Å². The molecule has 1 amide bonds. The van der Waals surface area contributed by atoms with Crippen molar-refractivity contribution >= 4 is 12.1 Å². The molecule has 2 fully saturated rings. The second kappa shape index (κ2) is 12.8. The van der Waals surface area contributed by atoms with Crippen molar-refractivity contribution in [3.63, 3.8) is 0 Å². The first-order valence-corrected chi connectivity index (χ1v) is 10.8. The number of carbonyl (C=O) groups is 1. The summed E-state index contributed by atoms with van der Waals surface area (Å²) < 4.78 is 4.97. The minimum atomic E-state index is -0.485. The summed E-state index contributed by atoms with van der Waals surface area (Å²) in [7, 11) is 0. The van der Waals surface area contributed by atoms with E-state index < -0.39 is 12.2 Å². The molecule has 0 aromatic rings. The average Bonchev–Trinajstić information content (AvgIpc) is 2.69. The molecule has 7 nitrogen and oxygen atoms in total. The van der Waals surface area contributed by atoms with Crippen LogP contribution in [0.1, 0.15) is 77.6 Å². The maximum Gasteiger partial charge on any atom is 0.407 e. The van der Waals surface area contributed by atoms with Gasteiger partial charge in [0.2, 0.25) is 0 Å². The molecule has 7 heteroatoms. The van der Waals surface area contributed by atoms with E-state index in [0.717, 1.165) is 12.4 Å². The van der Waals surface area contributed by atoms with E-state index in [1.54, 1.807) is 6.92 Å². The van der Waals surface area contributed by atoms with Crippen LogP contribution in [-0.2, 0) is 4.74 Å². The highest BCUT2D eigenvalue weighted by Crippen LogP contribution is 2.19. The Labute approximate surface area is 163 Å². The largest absolute Gasteiger partial charge is 0.444 e. The van der Waals surface area contributed by atoms with Crippen LogP contribution in [0.3, 0.4) is 0 Å². The molecule has 4 N–H and O–H groups in total. The Morgan fingerprint density at radius 3 is 2.11 bits per heavy atom. The van der Waals surface area contributed by atoms with Gasteiger partial charge in [-0.15, -0.1) is 0 Å². The number of ether oxygens (including phenoxy) is 1. The molecule has 0 saturated heterocycles. The van der Waals surface area contributed by atoms with Crippen molar-refractivity contribution in [2.24, 2.45) is 4.99 Å². The first kappa shape index (κ1) is 21.8. The predicted molar refractivity (Wildman–Crippen MR) is 108 cm³/mol. The third-order valence-corrected chi connectivity index (χ3v) is 5.33. The maximum absolute atomic E-state index is 11.5. The number of nitrogens with one attached hydrogen (secondary N) is 3. The van der Waals surface area contributed by atoms with E-state index in [9.17, 15) is 4.79 Å². The summed E-state index contributed by atoms with van der Waals surface area (Å²) in [4.78, 5) is 16.3. The molecule has 0 heterocycles. The van der Waals surface area contributed by atoms with Gasteiger partial charge in [0.25, 0.3) is 0 Å². The van der Waals surface area contributed by atoms with Gasteiger partial charge in [-0.1, -0.05) is 38.5 Å². The van der Waals surface area contributed by atoms with E-state index in [2.05, 4.69) is 16.0 Å². The van der Waals surface area contributed by atoms with Crippen LogP contribution < -0.4 is 16.0 Å². The Morgan fingerprint density at radius 2 is 1.59 bits per heavy atom. The lowest BCUT2D eigenvalue weighted by molar-refractivity contribution is 0.0681. The van der Waals surface area contributed by atoms with Crippen molar-refractivity contribution in [2.75, 3.05) is 19.7 Å². The van der Waals surface area contributed by atoms with Crippen LogP contribution in [0.4, 0.5) is 4.79 Å². The quantitative estimate of drug-likeness (QED) is 0.294. The van der Waals surface area contributed by atoms with Gasteiger partial charge in [0.05, 0.1) is 6.61 Å². The van der Waals surface area contributed by atoms with E-state index in [1.165, 1.54) is 64.2 Å². The molecule has 0 aromatic carbocycles. The van der Waals surface area contributed by atoms with Gasteiger partial charge < -0.3 is 25.8 Å². The summed E-state index contributed by atoms with van der Waals surface area (Å²) >= 11 is 0. The molecule has 0 bridgehead atoms. The summed E-state index contributed by atoms with van der Waals surface area (Å²) in [6.45, 7) is 2.66. The smallest absolute Gasteiger partial charge is 0.407 e. The fourth-order valence-electron chi connectivity index (χ4n) is 3.74. The second-order valence-electron chi connectivity index (χ2n) is 7.87. The summed E-state index contributed by atoms with van der Waals surface area (Å²) in [6, 6.07) is 1.06. The molecule has 156 valence electrons. The highest BCUT2D eigenvalue weighted by molar-refractivity contribution is 5.80. The normalized spacial score (nSPS) is 19.8. The number of guanidine groups is 1. The van der Waals surface area contributed by atoms with Gasteiger partial charge in [0, 0.05) is 25.2 Å². The summed E-state index contributed by atoms with van der Waals surface area (Å²) in [6.07, 6.45) is 12.6. The van der Waals surface area contributed by atoms with E-state index in [4.69, 9.17) is 14.8 Å². The lowest BCUT2D eigenvalue weighted by Gasteiger charge is -2.29. The van der Waals surface area contributed by atoms with E-state index in [0.29, 0.717) is 25.2 Å². The number of amides is 1. The van der Waals surface area contributed by atoms with Gasteiger partial charge in [-0.3, -0.25) is 4.99 Å². The van der Waals surface area contributed by atoms with Crippen molar-refractivity contribution in [3.8, 4) is 0 Å². The fourth-order valence-corrected chi connectivity index (χ4v) is 3.74. The van der Waals surface area contributed by atoms with Crippen LogP contribution in [-0.4, -0.2) is 55.0 Å². The number of alkyl carbamates (subject to hydrolysis) is 1. The van der Waals surface area contributed by atoms with Crippen molar-refractivity contribution in [1.29, 1.82) is 0 Å². The molecule has 1 unspecified atom stereocenters. The molecule has 0 radical (unpaired) electrons. The fraction of sp³-hybridized carbons (Fsp3) is 0.900. The SMILES string of the molecule is CC(CO)OC(=O)NCCCN=C(NC1CCCCC1)NC1CCCCC1. The standard InChI is InChI=1S/C20H38N4O3/c1-16(15-25)27-20(26)22-14-8-13-21-19(23-17-9-4-2-5-10-17)24-18-11-6-3-7-12-18/h16-18,25H,2-15H2,1H3,(H,22,26)(H2,21,23,24). The molecule has 2 rings (SSSR count). The lowest BCUT2D eigenvalue weighted by Crippen LogP contribution is -2.48. The molecule has 27 heavy (non-hydrogen) atoms. The van der Waals surface area contributed by atoms with E-state index >= 15 is 0 Å². The topological polar surface area (TPSA) is 95.0 Å². The third-order valence-electron chi connectivity index (χ3n) is 5.33. The van der Waals surface area contributed by atoms with Crippen LogP contribution in [0.5, 0.6) is 0 Å². The van der Waals surface area contributed by atoms with Crippen LogP contribution in [0.2, 0.25) is 0 Å². The van der Waals surface area contributed by atoms with Crippen LogP contribution in [0.25, 0.3) is 0 Å². The highest BCUT2D eigenvalue weighted by atomic mass is 16.6. The van der Waals surface area contributed by atoms with E-state index in [-0.39, 0.29) is 6.61 Å². The lowest BCUT2D eigenvalue weighted by atomic mass is 9.95. The molecule has 1 atom stereocenters. The van der Waals surface area contributed by atoms with Gasteiger partial charge in [0.1, 0.15) is 6.10 Å². The Hall–Kier alpha value is -1.50. The Bertz CT molecular complexity index is 425. The maximum atomic E-state index is 11.5.